The zero-order valence-electron chi connectivity index (χ0n) is 7.20. The molecule has 0 heterocycles. The monoisotopic (exact) mass is 332 g/mol. The van der Waals surface area contributed by atoms with Crippen LogP contribution in [-0.2, 0) is 58.5 Å². The van der Waals surface area contributed by atoms with Gasteiger partial charge in [-0.2, -0.15) is 0 Å². The van der Waals surface area contributed by atoms with Crippen LogP contribution in [0.5, 0.6) is 0 Å². The molecule has 15 heteroatoms. The predicted molar refractivity (Wildman–Crippen MR) is 48.9 cm³/mol. The van der Waals surface area contributed by atoms with Gasteiger partial charge in [0.05, 0.1) is 0 Å². The first kappa shape index (κ1) is 57.7. The normalized spacial score (nSPS) is 13.9. The molecule has 0 saturated carbocycles. The number of hydrogen-bond donors (Lipinski definition) is 2. The molecule has 0 fully saturated rings. The third-order valence-corrected chi connectivity index (χ3v) is 2.87. The minimum Gasteiger partial charge on any atom is -0.772 e. The summed E-state index contributed by atoms with van der Waals surface area (Å²) in [6.07, 6.45) is 0. The van der Waals surface area contributed by atoms with E-state index in [0.29, 0.717) is 0 Å². The van der Waals surface area contributed by atoms with Gasteiger partial charge in [-0.15, -0.1) is 0 Å². The van der Waals surface area contributed by atoms with Gasteiger partial charge in [-0.05, 0) is 0 Å². The van der Waals surface area contributed by atoms with Gasteiger partial charge in [0, 0.05) is 0 Å². The third kappa shape index (κ3) is 25.1. The van der Waals surface area contributed by atoms with Crippen LogP contribution in [0.3, 0.4) is 0 Å². The summed E-state index contributed by atoms with van der Waals surface area (Å²) < 4.78 is 18.8. The minimum absolute atomic E-state index is 0. The predicted octanol–water partition coefficient (Wildman–Crippen LogP) is -7.54. The standard InChI is InChI=1S/Ni.H4O6P2.6H2O/c;1-7(2,3)8(4,5)6;;;;;;/h;(H2,1,2,3)(H2,4,5,6);6*1H2/q+2;;;;;;;/p+4. The molecular weight excluding hydrogens is 313 g/mol. The Hall–Kier alpha value is 0.554. The Labute approximate surface area is 93.3 Å². The summed E-state index contributed by atoms with van der Waals surface area (Å²) in [5.41, 5.74) is 0. The second-order valence-electron chi connectivity index (χ2n) is 0.981. The molecule has 0 bridgehead atoms. The number of rotatable bonds is 1. The SMILES string of the molecule is O=P([O-])(O)P(=O)([O-])O.[Ni+2].[OH3+].[OH3+].[OH3+].[OH3+].[OH3+].[OH3+]. The molecule has 0 spiro atoms. The van der Waals surface area contributed by atoms with Gasteiger partial charge < -0.3 is 61.6 Å². The first-order valence-electron chi connectivity index (χ1n) is 1.33. The van der Waals surface area contributed by atoms with Gasteiger partial charge in [0.2, 0.25) is 14.6 Å². The Morgan fingerprint density at radius 1 is 0.667 bits per heavy atom. The van der Waals surface area contributed by atoms with E-state index >= 15 is 0 Å². The summed E-state index contributed by atoms with van der Waals surface area (Å²) in [5.74, 6) is 0. The van der Waals surface area contributed by atoms with Crippen LogP contribution in [0.15, 0.2) is 0 Å². The number of hydrogen-bond acceptors (Lipinski definition) is 4. The molecule has 12 nitrogen and oxygen atoms in total. The van der Waals surface area contributed by atoms with Gasteiger partial charge in [0.1, 0.15) is 0 Å². The van der Waals surface area contributed by atoms with E-state index in [9.17, 15) is 18.9 Å². The molecule has 2 atom stereocenters. The van der Waals surface area contributed by atoms with Crippen molar-refractivity contribution in [3.63, 3.8) is 0 Å². The van der Waals surface area contributed by atoms with Crippen LogP contribution in [0.25, 0.3) is 0 Å². The maximum absolute atomic E-state index is 9.41. The zero-order chi connectivity index (χ0) is 7.00. The molecule has 0 rings (SSSR count). The van der Waals surface area contributed by atoms with E-state index in [1.54, 1.807) is 0 Å². The van der Waals surface area contributed by atoms with Crippen molar-refractivity contribution in [1.82, 2.24) is 0 Å². The Kier molecular flexibility index (Phi) is 65.3. The van der Waals surface area contributed by atoms with Crippen LogP contribution < -0.4 is 9.79 Å². The Morgan fingerprint density at radius 2 is 0.733 bits per heavy atom. The summed E-state index contributed by atoms with van der Waals surface area (Å²) >= 11 is 0. The maximum Gasteiger partial charge on any atom is 2.00 e. The molecule has 15 heavy (non-hydrogen) atoms. The van der Waals surface area contributed by atoms with Crippen LogP contribution in [0, 0.1) is 0 Å². The van der Waals surface area contributed by atoms with Gasteiger partial charge in [0.25, 0.3) is 0 Å². The fraction of sp³-hybridized carbons (Fsp3) is 0. The van der Waals surface area contributed by atoms with Crippen LogP contribution >= 0.6 is 14.6 Å². The quantitative estimate of drug-likeness (QED) is 0.266. The van der Waals surface area contributed by atoms with Gasteiger partial charge in [-0.3, -0.25) is 0 Å². The first-order chi connectivity index (χ1) is 3.25. The first-order valence-corrected chi connectivity index (χ1v) is 5.19. The average molecular weight is 333 g/mol. The molecule has 0 aliphatic rings. The molecule has 0 saturated heterocycles. The van der Waals surface area contributed by atoms with Crippen molar-refractivity contribution >= 4 is 14.6 Å². The molecule has 0 aromatic rings. The third-order valence-electron chi connectivity index (χ3n) is 0.319. The summed E-state index contributed by atoms with van der Waals surface area (Å²) in [5, 5.41) is 0. The van der Waals surface area contributed by atoms with E-state index < -0.39 is 14.6 Å². The van der Waals surface area contributed by atoms with E-state index in [4.69, 9.17) is 9.79 Å². The molecule has 0 aliphatic heterocycles. The molecule has 20 N–H and O–H groups in total. The van der Waals surface area contributed by atoms with Crippen LogP contribution in [0.1, 0.15) is 0 Å². The minimum atomic E-state index is -5.54. The molecular formula is H20NiO12P2+6. The van der Waals surface area contributed by atoms with E-state index in [-0.39, 0.29) is 49.3 Å². The van der Waals surface area contributed by atoms with Crippen LogP contribution in [-0.4, -0.2) is 9.79 Å². The molecule has 0 aromatic heterocycles. The Bertz CT molecular complexity index is 142. The molecule has 0 amide bonds. The summed E-state index contributed by atoms with van der Waals surface area (Å²) in [7, 11) is -11.1. The molecule has 0 radical (unpaired) electrons. The van der Waals surface area contributed by atoms with Gasteiger partial charge in [-0.25, -0.2) is 0 Å². The van der Waals surface area contributed by atoms with Crippen molar-refractivity contribution in [3.8, 4) is 0 Å². The van der Waals surface area contributed by atoms with E-state index in [2.05, 4.69) is 0 Å². The maximum atomic E-state index is 9.41. The average Bonchev–Trinajstić information content (AvgIpc) is 1.25. The van der Waals surface area contributed by atoms with Crippen LogP contribution in [0.2, 0.25) is 0 Å². The largest absolute Gasteiger partial charge is 2.00 e. The fourth-order valence-electron chi connectivity index (χ4n) is 0. The topological polar surface area (TPSA) is 319 Å². The zero-order valence-corrected chi connectivity index (χ0v) is 9.98. The van der Waals surface area contributed by atoms with Crippen molar-refractivity contribution in [1.29, 1.82) is 0 Å². The van der Waals surface area contributed by atoms with Gasteiger partial charge in [-0.1, -0.05) is 0 Å². The van der Waals surface area contributed by atoms with Crippen LogP contribution in [0.4, 0.5) is 0 Å². The smallest absolute Gasteiger partial charge is 0.772 e. The van der Waals surface area contributed by atoms with Gasteiger partial charge in [0.15, 0.2) is 0 Å². The molecule has 2 unspecified atom stereocenters. The summed E-state index contributed by atoms with van der Waals surface area (Å²) in [6, 6.07) is 0. The van der Waals surface area contributed by atoms with E-state index in [1.165, 1.54) is 0 Å². The van der Waals surface area contributed by atoms with Crippen molar-refractivity contribution in [2.24, 2.45) is 0 Å². The summed E-state index contributed by atoms with van der Waals surface area (Å²) in [4.78, 5) is 33.9. The molecule has 106 valence electrons. The second kappa shape index (κ2) is 17.0. The van der Waals surface area contributed by atoms with E-state index in [1.807, 2.05) is 0 Å². The Balaban J connectivity index is -0.0000000117. The van der Waals surface area contributed by atoms with E-state index in [0.717, 1.165) is 0 Å². The van der Waals surface area contributed by atoms with Crippen molar-refractivity contribution < 1.29 is 78.1 Å². The van der Waals surface area contributed by atoms with Crippen molar-refractivity contribution in [2.45, 2.75) is 0 Å². The fourth-order valence-corrected chi connectivity index (χ4v) is 0. The van der Waals surface area contributed by atoms with Crippen molar-refractivity contribution in [2.75, 3.05) is 0 Å². The second-order valence-corrected chi connectivity index (χ2v) is 5.98. The summed E-state index contributed by atoms with van der Waals surface area (Å²) in [6.45, 7) is 0. The van der Waals surface area contributed by atoms with Crippen molar-refractivity contribution in [3.05, 3.63) is 0 Å². The molecule has 0 aliphatic carbocycles. The van der Waals surface area contributed by atoms with Gasteiger partial charge >= 0.3 is 16.5 Å². The molecule has 0 aromatic carbocycles. The Morgan fingerprint density at radius 3 is 0.733 bits per heavy atom.